The number of alkyl halides is 1. The van der Waals surface area contributed by atoms with E-state index in [1.54, 1.807) is 0 Å². The number of hydrogen-bond donors (Lipinski definition) is 2. The Morgan fingerprint density at radius 2 is 2.18 bits per heavy atom. The van der Waals surface area contributed by atoms with Crippen LogP contribution in [0.5, 0.6) is 0 Å². The molecular weight excluding hydrogens is 172 g/mol. The monoisotopic (exact) mass is 180 g/mol. The lowest BCUT2D eigenvalue weighted by Gasteiger charge is -2.12. The van der Waals surface area contributed by atoms with Crippen LogP contribution in [-0.4, -0.2) is 34.0 Å². The van der Waals surface area contributed by atoms with Gasteiger partial charge in [0.05, 0.1) is 12.5 Å². The number of halogens is 1. The molecule has 64 valence electrons. The van der Waals surface area contributed by atoms with E-state index in [1.165, 1.54) is 0 Å². The number of esters is 1. The molecule has 0 amide bonds. The average Bonchev–Trinajstić information content (AvgIpc) is 1.93. The Labute approximate surface area is 68.7 Å². The van der Waals surface area contributed by atoms with Crippen molar-refractivity contribution < 1.29 is 19.7 Å². The molecule has 4 nitrogen and oxygen atoms in total. The molecule has 0 aromatic heterocycles. The predicted molar refractivity (Wildman–Crippen MR) is 37.0 cm³/mol. The lowest BCUT2D eigenvalue weighted by Crippen LogP contribution is -2.24. The topological polar surface area (TPSA) is 66.8 Å². The zero-order valence-corrected chi connectivity index (χ0v) is 6.49. The van der Waals surface area contributed by atoms with Gasteiger partial charge in [-0.25, -0.2) is 0 Å². The van der Waals surface area contributed by atoms with Crippen molar-refractivity contribution in [1.82, 2.24) is 0 Å². The molecule has 5 heteroatoms. The van der Waals surface area contributed by atoms with Crippen molar-refractivity contribution in [3.63, 3.8) is 0 Å². The molecule has 1 fully saturated rings. The Morgan fingerprint density at radius 3 is 2.82 bits per heavy atom. The number of rotatable bonds is 0. The molecule has 11 heavy (non-hydrogen) atoms. The first-order chi connectivity index (χ1) is 5.09. The minimum atomic E-state index is -1.03. The number of ether oxygens (including phenoxy) is 1. The molecule has 0 saturated carbocycles. The molecule has 1 aliphatic rings. The third-order valence-corrected chi connectivity index (χ3v) is 1.84. The molecule has 0 aromatic rings. The average molecular weight is 181 g/mol. The summed E-state index contributed by atoms with van der Waals surface area (Å²) in [5.74, 6) is -0.575. The SMILES string of the molecule is O=C1C[C@H](O)C[C@H](O)C(Cl)O1. The van der Waals surface area contributed by atoms with Gasteiger partial charge >= 0.3 is 5.97 Å². The van der Waals surface area contributed by atoms with Gasteiger partial charge < -0.3 is 14.9 Å². The van der Waals surface area contributed by atoms with Gasteiger partial charge in [-0.1, -0.05) is 11.6 Å². The maximum atomic E-state index is 10.7. The molecule has 0 bridgehead atoms. The van der Waals surface area contributed by atoms with E-state index < -0.39 is 23.7 Å². The zero-order valence-electron chi connectivity index (χ0n) is 5.74. The number of cyclic esters (lactones) is 1. The van der Waals surface area contributed by atoms with Gasteiger partial charge in [-0.05, 0) is 0 Å². The second kappa shape index (κ2) is 3.38. The maximum absolute atomic E-state index is 10.7. The first-order valence-corrected chi connectivity index (χ1v) is 3.73. The Morgan fingerprint density at radius 1 is 1.55 bits per heavy atom. The van der Waals surface area contributed by atoms with Crippen LogP contribution in [0.1, 0.15) is 12.8 Å². The number of hydrogen-bond acceptors (Lipinski definition) is 4. The third-order valence-electron chi connectivity index (χ3n) is 1.46. The van der Waals surface area contributed by atoms with Crippen molar-refractivity contribution in [2.45, 2.75) is 30.6 Å². The molecule has 1 unspecified atom stereocenters. The van der Waals surface area contributed by atoms with Gasteiger partial charge in [-0.3, -0.25) is 4.79 Å². The molecule has 2 N–H and O–H groups in total. The highest BCUT2D eigenvalue weighted by molar-refractivity contribution is 6.20. The molecule has 1 saturated heterocycles. The van der Waals surface area contributed by atoms with Crippen LogP contribution in [0.25, 0.3) is 0 Å². The number of aliphatic hydroxyl groups excluding tert-OH is 2. The van der Waals surface area contributed by atoms with Crippen molar-refractivity contribution in [2.75, 3.05) is 0 Å². The Bertz CT molecular complexity index is 161. The minimum Gasteiger partial charge on any atom is -0.443 e. The molecule has 1 heterocycles. The molecule has 0 radical (unpaired) electrons. The normalized spacial score (nSPS) is 39.5. The van der Waals surface area contributed by atoms with E-state index in [2.05, 4.69) is 4.74 Å². The van der Waals surface area contributed by atoms with Gasteiger partial charge in [-0.2, -0.15) is 0 Å². The molecule has 1 aliphatic heterocycles. The minimum absolute atomic E-state index is 0.0832. The largest absolute Gasteiger partial charge is 0.443 e. The van der Waals surface area contributed by atoms with Crippen molar-refractivity contribution in [3.05, 3.63) is 0 Å². The maximum Gasteiger partial charge on any atom is 0.309 e. The van der Waals surface area contributed by atoms with E-state index in [4.69, 9.17) is 21.8 Å². The first kappa shape index (κ1) is 8.77. The summed E-state index contributed by atoms with van der Waals surface area (Å²) in [5.41, 5.74) is -1.03. The predicted octanol–water partition coefficient (Wildman–Crippen LogP) is -0.390. The van der Waals surface area contributed by atoms with E-state index in [9.17, 15) is 4.79 Å². The third kappa shape index (κ3) is 2.32. The lowest BCUT2D eigenvalue weighted by molar-refractivity contribution is -0.147. The van der Waals surface area contributed by atoms with E-state index in [0.717, 1.165) is 0 Å². The smallest absolute Gasteiger partial charge is 0.309 e. The van der Waals surface area contributed by atoms with Crippen molar-refractivity contribution in [2.24, 2.45) is 0 Å². The summed E-state index contributed by atoms with van der Waals surface area (Å²) in [5, 5.41) is 18.1. The van der Waals surface area contributed by atoms with E-state index in [1.807, 2.05) is 0 Å². The highest BCUT2D eigenvalue weighted by atomic mass is 35.5. The van der Waals surface area contributed by atoms with Crippen LogP contribution < -0.4 is 0 Å². The number of carbonyl (C=O) groups is 1. The van der Waals surface area contributed by atoms with Gasteiger partial charge in [0.25, 0.3) is 0 Å². The van der Waals surface area contributed by atoms with E-state index in [-0.39, 0.29) is 12.8 Å². The molecule has 3 atom stereocenters. The summed E-state index contributed by atoms with van der Waals surface area (Å²) in [6, 6.07) is 0. The summed E-state index contributed by atoms with van der Waals surface area (Å²) in [6.07, 6.45) is -1.83. The number of aliphatic hydroxyl groups is 2. The summed E-state index contributed by atoms with van der Waals surface area (Å²) in [6.45, 7) is 0. The number of carbonyl (C=O) groups excluding carboxylic acids is 1. The van der Waals surface area contributed by atoms with Crippen LogP contribution in [-0.2, 0) is 9.53 Å². The Kier molecular flexibility index (Phi) is 2.70. The van der Waals surface area contributed by atoms with Gasteiger partial charge in [0.2, 0.25) is 5.56 Å². The van der Waals surface area contributed by atoms with Crippen molar-refractivity contribution in [1.29, 1.82) is 0 Å². The second-order valence-corrected chi connectivity index (χ2v) is 2.93. The summed E-state index contributed by atoms with van der Waals surface area (Å²) in [4.78, 5) is 10.7. The van der Waals surface area contributed by atoms with Crippen LogP contribution in [0.4, 0.5) is 0 Å². The summed E-state index contributed by atoms with van der Waals surface area (Å²) >= 11 is 5.43. The van der Waals surface area contributed by atoms with E-state index in [0.29, 0.717) is 0 Å². The molecule has 1 rings (SSSR count). The van der Waals surface area contributed by atoms with Gasteiger partial charge in [0.1, 0.15) is 6.10 Å². The van der Waals surface area contributed by atoms with Crippen LogP contribution >= 0.6 is 11.6 Å². The van der Waals surface area contributed by atoms with Crippen molar-refractivity contribution >= 4 is 17.6 Å². The fraction of sp³-hybridized carbons (Fsp3) is 0.833. The highest BCUT2D eigenvalue weighted by Gasteiger charge is 2.29. The van der Waals surface area contributed by atoms with Gasteiger partial charge in [-0.15, -0.1) is 0 Å². The fourth-order valence-electron chi connectivity index (χ4n) is 0.914. The molecule has 0 aromatic carbocycles. The molecular formula is C6H9ClO4. The Balaban J connectivity index is 2.58. The zero-order chi connectivity index (χ0) is 8.43. The van der Waals surface area contributed by atoms with Crippen LogP contribution in [0.3, 0.4) is 0 Å². The quantitative estimate of drug-likeness (QED) is 0.394. The molecule has 0 spiro atoms. The summed E-state index contributed by atoms with van der Waals surface area (Å²) in [7, 11) is 0. The molecule has 0 aliphatic carbocycles. The van der Waals surface area contributed by atoms with Gasteiger partial charge in [0.15, 0.2) is 0 Å². The van der Waals surface area contributed by atoms with E-state index >= 15 is 0 Å². The van der Waals surface area contributed by atoms with Gasteiger partial charge in [0, 0.05) is 6.42 Å². The van der Waals surface area contributed by atoms with Crippen molar-refractivity contribution in [3.8, 4) is 0 Å². The Hall–Kier alpha value is -0.320. The summed E-state index contributed by atoms with van der Waals surface area (Å²) < 4.78 is 4.51. The highest BCUT2D eigenvalue weighted by Crippen LogP contribution is 2.17. The first-order valence-electron chi connectivity index (χ1n) is 3.29. The van der Waals surface area contributed by atoms with Crippen LogP contribution in [0, 0.1) is 0 Å². The van der Waals surface area contributed by atoms with Crippen LogP contribution in [0.2, 0.25) is 0 Å². The standard InChI is InChI=1S/C6H9ClO4/c7-6-4(9)1-3(8)2-5(10)11-6/h3-4,6,8-9H,1-2H2/t3-,4+,6?/m1/s1. The second-order valence-electron chi connectivity index (χ2n) is 2.50. The van der Waals surface area contributed by atoms with Crippen LogP contribution in [0.15, 0.2) is 0 Å². The fourth-order valence-corrected chi connectivity index (χ4v) is 1.12. The lowest BCUT2D eigenvalue weighted by atomic mass is 10.1.